The van der Waals surface area contributed by atoms with Crippen LogP contribution in [-0.4, -0.2) is 22.0 Å². The molecule has 0 unspecified atom stereocenters. The predicted octanol–water partition coefficient (Wildman–Crippen LogP) is 3.94. The molecule has 0 spiro atoms. The maximum atomic E-state index is 12.2. The zero-order valence-corrected chi connectivity index (χ0v) is 14.1. The van der Waals surface area contributed by atoms with E-state index in [-0.39, 0.29) is 18.4 Å². The Morgan fingerprint density at radius 1 is 1.29 bits per heavy atom. The number of oxazole rings is 1. The number of pyridine rings is 1. The number of ether oxygens (including phenoxy) is 2. The Morgan fingerprint density at radius 3 is 2.92 bits per heavy atom. The summed E-state index contributed by atoms with van der Waals surface area (Å²) >= 11 is 1.53. The van der Waals surface area contributed by atoms with Gasteiger partial charge in [0.2, 0.25) is 5.89 Å². The minimum absolute atomic E-state index is 0.0189. The Kier molecular flexibility index (Phi) is 4.90. The lowest BCUT2D eigenvalue weighted by atomic mass is 10.3. The molecule has 3 rings (SSSR count). The van der Waals surface area contributed by atoms with E-state index in [2.05, 4.69) is 9.97 Å². The van der Waals surface area contributed by atoms with Crippen molar-refractivity contribution in [1.29, 1.82) is 0 Å². The summed E-state index contributed by atoms with van der Waals surface area (Å²) in [6, 6.07) is 7.22. The standard InChI is InChI=1S/C17H16N2O4S/c1-11(2)22-13-5-3-7-18-15(13)17(20)21-10-12-9-19-16(23-12)14-6-4-8-24-14/h3-9,11H,10H2,1-2H3. The molecule has 24 heavy (non-hydrogen) atoms. The Balaban J connectivity index is 1.66. The second-order valence-corrected chi connectivity index (χ2v) is 6.15. The Morgan fingerprint density at radius 2 is 2.17 bits per heavy atom. The highest BCUT2D eigenvalue weighted by Crippen LogP contribution is 2.24. The molecule has 124 valence electrons. The van der Waals surface area contributed by atoms with Crippen molar-refractivity contribution < 1.29 is 18.7 Å². The van der Waals surface area contributed by atoms with Crippen LogP contribution in [0.3, 0.4) is 0 Å². The first-order valence-corrected chi connectivity index (χ1v) is 8.29. The van der Waals surface area contributed by atoms with Gasteiger partial charge in [0.25, 0.3) is 0 Å². The smallest absolute Gasteiger partial charge is 0.361 e. The third-order valence-corrected chi connectivity index (χ3v) is 3.82. The van der Waals surface area contributed by atoms with Gasteiger partial charge in [0.15, 0.2) is 23.8 Å². The number of carbonyl (C=O) groups excluding carboxylic acids is 1. The molecule has 0 atom stereocenters. The fraction of sp³-hybridized carbons (Fsp3) is 0.235. The summed E-state index contributed by atoms with van der Waals surface area (Å²) in [7, 11) is 0. The van der Waals surface area contributed by atoms with Gasteiger partial charge in [0, 0.05) is 6.20 Å². The molecule has 0 amide bonds. The van der Waals surface area contributed by atoms with E-state index >= 15 is 0 Å². The van der Waals surface area contributed by atoms with Gasteiger partial charge in [-0.05, 0) is 37.4 Å². The largest absolute Gasteiger partial charge is 0.488 e. The van der Waals surface area contributed by atoms with Crippen LogP contribution >= 0.6 is 11.3 Å². The van der Waals surface area contributed by atoms with Gasteiger partial charge in [0.1, 0.15) is 0 Å². The minimum atomic E-state index is -0.569. The molecule has 0 saturated heterocycles. The highest BCUT2D eigenvalue weighted by molar-refractivity contribution is 7.13. The van der Waals surface area contributed by atoms with Crippen molar-refractivity contribution in [1.82, 2.24) is 9.97 Å². The monoisotopic (exact) mass is 344 g/mol. The summed E-state index contributed by atoms with van der Waals surface area (Å²) < 4.78 is 16.4. The van der Waals surface area contributed by atoms with Crippen LogP contribution in [0.25, 0.3) is 10.8 Å². The summed E-state index contributed by atoms with van der Waals surface area (Å²) in [6.07, 6.45) is 3.00. The second kappa shape index (κ2) is 7.27. The Labute approximate surface area is 143 Å². The fourth-order valence-corrected chi connectivity index (χ4v) is 2.64. The van der Waals surface area contributed by atoms with E-state index < -0.39 is 5.97 Å². The molecule has 0 aliphatic heterocycles. The summed E-state index contributed by atoms with van der Waals surface area (Å²) in [5.41, 5.74) is 0.143. The lowest BCUT2D eigenvalue weighted by molar-refractivity contribution is 0.0432. The third kappa shape index (κ3) is 3.80. The second-order valence-electron chi connectivity index (χ2n) is 5.20. The molecule has 3 aromatic heterocycles. The number of esters is 1. The van der Waals surface area contributed by atoms with E-state index in [1.807, 2.05) is 31.4 Å². The molecule has 3 aromatic rings. The zero-order valence-electron chi connectivity index (χ0n) is 13.3. The van der Waals surface area contributed by atoms with Crippen LogP contribution in [0.2, 0.25) is 0 Å². The molecular formula is C17H16N2O4S. The molecule has 0 N–H and O–H groups in total. The molecule has 0 aromatic carbocycles. The number of aromatic nitrogens is 2. The van der Waals surface area contributed by atoms with Crippen molar-refractivity contribution in [3.05, 3.63) is 53.5 Å². The molecule has 0 saturated carbocycles. The van der Waals surface area contributed by atoms with Gasteiger partial charge < -0.3 is 13.9 Å². The van der Waals surface area contributed by atoms with Gasteiger partial charge in [-0.3, -0.25) is 0 Å². The topological polar surface area (TPSA) is 74.5 Å². The lowest BCUT2D eigenvalue weighted by Gasteiger charge is -2.12. The highest BCUT2D eigenvalue weighted by Gasteiger charge is 2.17. The van der Waals surface area contributed by atoms with Crippen LogP contribution in [0.1, 0.15) is 30.1 Å². The SMILES string of the molecule is CC(C)Oc1cccnc1C(=O)OCc1cnc(-c2cccs2)o1. The van der Waals surface area contributed by atoms with E-state index in [1.54, 1.807) is 18.3 Å². The quantitative estimate of drug-likeness (QED) is 0.631. The molecule has 3 heterocycles. The van der Waals surface area contributed by atoms with E-state index in [4.69, 9.17) is 13.9 Å². The number of carbonyl (C=O) groups is 1. The van der Waals surface area contributed by atoms with Crippen LogP contribution in [0, 0.1) is 0 Å². The summed E-state index contributed by atoms with van der Waals surface area (Å²) in [5.74, 6) is 0.807. The molecule has 0 aliphatic carbocycles. The first-order chi connectivity index (χ1) is 11.6. The lowest BCUT2D eigenvalue weighted by Crippen LogP contribution is -2.13. The molecule has 7 heteroatoms. The fourth-order valence-electron chi connectivity index (χ4n) is 1.99. The first-order valence-electron chi connectivity index (χ1n) is 7.41. The highest BCUT2D eigenvalue weighted by atomic mass is 32.1. The average molecular weight is 344 g/mol. The van der Waals surface area contributed by atoms with Gasteiger partial charge in [-0.15, -0.1) is 11.3 Å². The van der Waals surface area contributed by atoms with E-state index in [0.29, 0.717) is 17.4 Å². The van der Waals surface area contributed by atoms with Crippen molar-refractivity contribution in [2.75, 3.05) is 0 Å². The van der Waals surface area contributed by atoms with Crippen molar-refractivity contribution in [2.24, 2.45) is 0 Å². The number of rotatable bonds is 6. The number of hydrogen-bond acceptors (Lipinski definition) is 7. The maximum absolute atomic E-state index is 12.2. The molecule has 0 bridgehead atoms. The molecule has 0 aliphatic rings. The van der Waals surface area contributed by atoms with Crippen LogP contribution in [0.4, 0.5) is 0 Å². The molecular weight excluding hydrogens is 328 g/mol. The first kappa shape index (κ1) is 16.2. The Hall–Kier alpha value is -2.67. The van der Waals surface area contributed by atoms with Crippen molar-refractivity contribution in [3.8, 4) is 16.5 Å². The third-order valence-electron chi connectivity index (χ3n) is 2.96. The van der Waals surface area contributed by atoms with E-state index in [1.165, 1.54) is 17.5 Å². The minimum Gasteiger partial charge on any atom is -0.488 e. The summed E-state index contributed by atoms with van der Waals surface area (Å²) in [5, 5.41) is 1.94. The molecule has 0 radical (unpaired) electrons. The van der Waals surface area contributed by atoms with Gasteiger partial charge in [-0.2, -0.15) is 0 Å². The van der Waals surface area contributed by atoms with Crippen molar-refractivity contribution in [3.63, 3.8) is 0 Å². The number of thiophene rings is 1. The molecule has 0 fully saturated rings. The van der Waals surface area contributed by atoms with Crippen LogP contribution < -0.4 is 4.74 Å². The normalized spacial score (nSPS) is 10.8. The van der Waals surface area contributed by atoms with E-state index in [9.17, 15) is 4.79 Å². The van der Waals surface area contributed by atoms with Crippen LogP contribution in [0.15, 0.2) is 46.5 Å². The van der Waals surface area contributed by atoms with Crippen LogP contribution in [0.5, 0.6) is 5.75 Å². The van der Waals surface area contributed by atoms with Gasteiger partial charge in [-0.25, -0.2) is 14.8 Å². The predicted molar refractivity (Wildman–Crippen MR) is 88.9 cm³/mol. The molecule has 6 nitrogen and oxygen atoms in total. The van der Waals surface area contributed by atoms with E-state index in [0.717, 1.165) is 4.88 Å². The van der Waals surface area contributed by atoms with Gasteiger partial charge in [-0.1, -0.05) is 6.07 Å². The number of hydrogen-bond donors (Lipinski definition) is 0. The Bertz CT molecular complexity index is 812. The number of nitrogens with zero attached hydrogens (tertiary/aromatic N) is 2. The van der Waals surface area contributed by atoms with Crippen molar-refractivity contribution >= 4 is 17.3 Å². The average Bonchev–Trinajstić information content (AvgIpc) is 3.24. The van der Waals surface area contributed by atoms with Crippen molar-refractivity contribution in [2.45, 2.75) is 26.6 Å². The summed E-state index contributed by atoms with van der Waals surface area (Å²) in [4.78, 5) is 21.4. The van der Waals surface area contributed by atoms with Gasteiger partial charge in [0.05, 0.1) is 17.2 Å². The summed E-state index contributed by atoms with van der Waals surface area (Å²) in [6.45, 7) is 3.74. The van der Waals surface area contributed by atoms with Gasteiger partial charge >= 0.3 is 5.97 Å². The maximum Gasteiger partial charge on any atom is 0.361 e. The zero-order chi connectivity index (χ0) is 16.9. The van der Waals surface area contributed by atoms with Crippen LogP contribution in [-0.2, 0) is 11.3 Å².